The minimum atomic E-state index is -0.285. The number of ether oxygens (including phenoxy) is 2. The lowest BCUT2D eigenvalue weighted by molar-refractivity contribution is -0.118. The van der Waals surface area contributed by atoms with Gasteiger partial charge in [-0.2, -0.15) is 0 Å². The summed E-state index contributed by atoms with van der Waals surface area (Å²) in [5, 5.41) is 3.29. The molecule has 8 heteroatoms. The van der Waals surface area contributed by atoms with Crippen LogP contribution in [0, 0.1) is 0 Å². The maximum Gasteiger partial charge on any atom is 0.264 e. The number of rotatable bonds is 5. The molecule has 1 saturated heterocycles. The number of benzene rings is 2. The maximum absolute atomic E-state index is 12.4. The highest BCUT2D eigenvalue weighted by Gasteiger charge is 2.18. The number of hydrogen-bond donors (Lipinski definition) is 1. The van der Waals surface area contributed by atoms with Gasteiger partial charge in [-0.3, -0.25) is 14.9 Å². The smallest absolute Gasteiger partial charge is 0.264 e. The first-order valence-corrected chi connectivity index (χ1v) is 9.76. The summed E-state index contributed by atoms with van der Waals surface area (Å²) in [7, 11) is 0. The molecule has 0 aliphatic carbocycles. The van der Waals surface area contributed by atoms with Crippen molar-refractivity contribution < 1.29 is 19.1 Å². The van der Waals surface area contributed by atoms with Crippen LogP contribution in [0.25, 0.3) is 10.2 Å². The lowest BCUT2D eigenvalue weighted by atomic mass is 10.2. The zero-order valence-corrected chi connectivity index (χ0v) is 15.9. The number of carbonyl (C=O) groups excluding carboxylic acids is 2. The fourth-order valence-corrected chi connectivity index (χ4v) is 3.75. The second-order valence-electron chi connectivity index (χ2n) is 6.25. The van der Waals surface area contributed by atoms with Crippen LogP contribution >= 0.6 is 11.3 Å². The molecule has 3 aromatic rings. The molecule has 144 valence electrons. The molecule has 0 spiro atoms. The molecular formula is C20H19N3O4S. The average Bonchev–Trinajstić information content (AvgIpc) is 3.15. The summed E-state index contributed by atoms with van der Waals surface area (Å²) in [5.41, 5.74) is 1.44. The minimum absolute atomic E-state index is 0.0246. The Hall–Kier alpha value is -2.97. The highest BCUT2D eigenvalue weighted by Crippen LogP contribution is 2.25. The number of aromatic nitrogens is 1. The van der Waals surface area contributed by atoms with Gasteiger partial charge >= 0.3 is 0 Å². The molecule has 2 amide bonds. The summed E-state index contributed by atoms with van der Waals surface area (Å²) < 4.78 is 11.8. The van der Waals surface area contributed by atoms with E-state index in [-0.39, 0.29) is 18.4 Å². The quantitative estimate of drug-likeness (QED) is 0.716. The molecule has 1 aliphatic heterocycles. The molecule has 0 bridgehead atoms. The first kappa shape index (κ1) is 18.4. The van der Waals surface area contributed by atoms with Crippen LogP contribution in [0.1, 0.15) is 10.4 Å². The summed E-state index contributed by atoms with van der Waals surface area (Å²) >= 11 is 1.42. The summed E-state index contributed by atoms with van der Waals surface area (Å²) in [6, 6.07) is 14.5. The zero-order valence-electron chi connectivity index (χ0n) is 15.1. The van der Waals surface area contributed by atoms with Gasteiger partial charge in [0.15, 0.2) is 11.7 Å². The van der Waals surface area contributed by atoms with Crippen molar-refractivity contribution in [2.24, 2.45) is 0 Å². The molecule has 4 rings (SSSR count). The maximum atomic E-state index is 12.4. The van der Waals surface area contributed by atoms with Crippen LogP contribution in [0.2, 0.25) is 0 Å². The normalized spacial score (nSPS) is 14.1. The van der Waals surface area contributed by atoms with Gasteiger partial charge < -0.3 is 14.4 Å². The second kappa shape index (κ2) is 8.37. The molecule has 1 aromatic heterocycles. The largest absolute Gasteiger partial charge is 0.484 e. The Morgan fingerprint density at radius 3 is 2.61 bits per heavy atom. The van der Waals surface area contributed by atoms with Crippen molar-refractivity contribution in [3.8, 4) is 5.75 Å². The van der Waals surface area contributed by atoms with E-state index in [1.165, 1.54) is 11.3 Å². The molecule has 0 atom stereocenters. The van der Waals surface area contributed by atoms with Crippen LogP contribution in [0.5, 0.6) is 5.75 Å². The number of anilines is 1. The molecule has 0 radical (unpaired) electrons. The van der Waals surface area contributed by atoms with Crippen LogP contribution in [0.3, 0.4) is 0 Å². The molecular weight excluding hydrogens is 378 g/mol. The first-order chi connectivity index (χ1) is 13.7. The van der Waals surface area contributed by atoms with Crippen molar-refractivity contribution in [2.45, 2.75) is 0 Å². The van der Waals surface area contributed by atoms with Gasteiger partial charge in [-0.1, -0.05) is 23.5 Å². The standard InChI is InChI=1S/C20H19N3O4S/c24-18(22-20-21-16-3-1-2-4-17(16)28-20)13-27-15-7-5-14(6-8-15)19(25)23-9-11-26-12-10-23/h1-8H,9-13H2,(H,21,22,24). The number of hydrogen-bond acceptors (Lipinski definition) is 6. The monoisotopic (exact) mass is 397 g/mol. The van der Waals surface area contributed by atoms with Crippen LogP contribution in [0.4, 0.5) is 5.13 Å². The van der Waals surface area contributed by atoms with Gasteiger partial charge in [0.2, 0.25) is 0 Å². The number of thiazole rings is 1. The summed E-state index contributed by atoms with van der Waals surface area (Å²) in [5.74, 6) is 0.217. The Balaban J connectivity index is 1.30. The number of morpholine rings is 1. The van der Waals surface area contributed by atoms with Gasteiger partial charge in [0.25, 0.3) is 11.8 Å². The predicted octanol–water partition coefficient (Wildman–Crippen LogP) is 2.79. The highest BCUT2D eigenvalue weighted by atomic mass is 32.1. The third kappa shape index (κ3) is 4.29. The molecule has 7 nitrogen and oxygen atoms in total. The summed E-state index contributed by atoms with van der Waals surface area (Å²) in [6.45, 7) is 2.20. The molecule has 1 aliphatic rings. The van der Waals surface area contributed by atoms with Crippen LogP contribution in [-0.2, 0) is 9.53 Å². The van der Waals surface area contributed by atoms with Crippen molar-refractivity contribution in [2.75, 3.05) is 38.2 Å². The molecule has 0 unspecified atom stereocenters. The SMILES string of the molecule is O=C(COc1ccc(C(=O)N2CCOCC2)cc1)Nc1nc2ccccc2s1. The molecule has 1 N–H and O–H groups in total. The van der Waals surface area contributed by atoms with E-state index >= 15 is 0 Å². The fraction of sp³-hybridized carbons (Fsp3) is 0.250. The van der Waals surface area contributed by atoms with E-state index in [9.17, 15) is 9.59 Å². The lowest BCUT2D eigenvalue weighted by Gasteiger charge is -2.26. The average molecular weight is 397 g/mol. The van der Waals surface area contributed by atoms with Gasteiger partial charge in [-0.05, 0) is 36.4 Å². The fourth-order valence-electron chi connectivity index (χ4n) is 2.87. The summed E-state index contributed by atoms with van der Waals surface area (Å²) in [6.07, 6.45) is 0. The zero-order chi connectivity index (χ0) is 19.3. The number of amides is 2. The molecule has 0 saturated carbocycles. The molecule has 28 heavy (non-hydrogen) atoms. The number of nitrogens with one attached hydrogen (secondary N) is 1. The van der Waals surface area contributed by atoms with E-state index in [2.05, 4.69) is 10.3 Å². The van der Waals surface area contributed by atoms with Crippen LogP contribution in [-0.4, -0.2) is 54.6 Å². The third-order valence-electron chi connectivity index (χ3n) is 4.31. The van der Waals surface area contributed by atoms with Crippen molar-refractivity contribution >= 4 is 38.5 Å². The Morgan fingerprint density at radius 2 is 1.86 bits per heavy atom. The molecule has 2 heterocycles. The number of fused-ring (bicyclic) bond motifs is 1. The lowest BCUT2D eigenvalue weighted by Crippen LogP contribution is -2.40. The minimum Gasteiger partial charge on any atom is -0.484 e. The van der Waals surface area contributed by atoms with E-state index in [0.29, 0.717) is 42.7 Å². The van der Waals surface area contributed by atoms with Gasteiger partial charge in [-0.15, -0.1) is 0 Å². The number of carbonyl (C=O) groups is 2. The van der Waals surface area contributed by atoms with Crippen molar-refractivity contribution in [1.82, 2.24) is 9.88 Å². The van der Waals surface area contributed by atoms with Crippen LogP contribution < -0.4 is 10.1 Å². The van der Waals surface area contributed by atoms with Gasteiger partial charge in [0, 0.05) is 18.7 Å². The Kier molecular flexibility index (Phi) is 5.50. The van der Waals surface area contributed by atoms with Gasteiger partial charge in [0.1, 0.15) is 5.75 Å². The third-order valence-corrected chi connectivity index (χ3v) is 5.26. The second-order valence-corrected chi connectivity index (χ2v) is 7.28. The molecule has 2 aromatic carbocycles. The van der Waals surface area contributed by atoms with E-state index in [0.717, 1.165) is 10.2 Å². The Bertz CT molecular complexity index is 948. The number of nitrogens with zero attached hydrogens (tertiary/aromatic N) is 2. The van der Waals surface area contributed by atoms with E-state index in [1.54, 1.807) is 29.2 Å². The van der Waals surface area contributed by atoms with Crippen molar-refractivity contribution in [3.05, 3.63) is 54.1 Å². The van der Waals surface area contributed by atoms with Crippen molar-refractivity contribution in [1.29, 1.82) is 0 Å². The van der Waals surface area contributed by atoms with E-state index in [4.69, 9.17) is 9.47 Å². The molecule has 1 fully saturated rings. The van der Waals surface area contributed by atoms with Gasteiger partial charge in [-0.25, -0.2) is 4.98 Å². The first-order valence-electron chi connectivity index (χ1n) is 8.94. The summed E-state index contributed by atoms with van der Waals surface area (Å²) in [4.78, 5) is 30.6. The van der Waals surface area contributed by atoms with Crippen molar-refractivity contribution in [3.63, 3.8) is 0 Å². The van der Waals surface area contributed by atoms with E-state index in [1.807, 2.05) is 24.3 Å². The topological polar surface area (TPSA) is 80.8 Å². The predicted molar refractivity (Wildman–Crippen MR) is 107 cm³/mol. The Morgan fingerprint density at radius 1 is 1.11 bits per heavy atom. The Labute approximate surface area is 165 Å². The van der Waals surface area contributed by atoms with Gasteiger partial charge in [0.05, 0.1) is 23.4 Å². The van der Waals surface area contributed by atoms with E-state index < -0.39 is 0 Å². The van der Waals surface area contributed by atoms with Crippen LogP contribution in [0.15, 0.2) is 48.5 Å². The number of para-hydroxylation sites is 1. The highest BCUT2D eigenvalue weighted by molar-refractivity contribution is 7.22.